The number of rotatable bonds is 4. The molecule has 0 atom stereocenters. The van der Waals surface area contributed by atoms with Gasteiger partial charge < -0.3 is 10.1 Å². The van der Waals surface area contributed by atoms with Crippen molar-refractivity contribution in [3.8, 4) is 0 Å². The molecule has 24 heavy (non-hydrogen) atoms. The highest BCUT2D eigenvalue weighted by atomic mass is 16.5. The number of carbonyl (C=O) groups excluding carboxylic acids is 2. The van der Waals surface area contributed by atoms with Crippen molar-refractivity contribution in [2.24, 2.45) is 0 Å². The first-order valence-corrected chi connectivity index (χ1v) is 7.49. The standard InChI is InChI=1S/C18H17N3O3/c1-13(19)24-12-21-16(22)18(20-17(21)23,14-8-4-2-5-9-14)15-10-6-3-7-11-15/h2-11,19H,12H2,1H3,(H,20,23). The number of carbonyl (C=O) groups is 2. The Labute approximate surface area is 139 Å². The molecule has 0 unspecified atom stereocenters. The quantitative estimate of drug-likeness (QED) is 0.515. The van der Waals surface area contributed by atoms with E-state index in [1.54, 1.807) is 24.3 Å². The van der Waals surface area contributed by atoms with Crippen molar-refractivity contribution in [3.05, 3.63) is 71.8 Å². The van der Waals surface area contributed by atoms with Crippen LogP contribution in [0.15, 0.2) is 60.7 Å². The summed E-state index contributed by atoms with van der Waals surface area (Å²) in [6.07, 6.45) is 0. The summed E-state index contributed by atoms with van der Waals surface area (Å²) in [6, 6.07) is 17.6. The van der Waals surface area contributed by atoms with Gasteiger partial charge in [0, 0.05) is 6.92 Å². The summed E-state index contributed by atoms with van der Waals surface area (Å²) in [5.41, 5.74) is 0.0473. The van der Waals surface area contributed by atoms with Gasteiger partial charge in [0.1, 0.15) is 0 Å². The smallest absolute Gasteiger partial charge is 0.328 e. The van der Waals surface area contributed by atoms with Gasteiger partial charge in [-0.05, 0) is 11.1 Å². The molecule has 122 valence electrons. The van der Waals surface area contributed by atoms with Crippen LogP contribution in [0.2, 0.25) is 0 Å². The highest BCUT2D eigenvalue weighted by Crippen LogP contribution is 2.35. The molecule has 6 heteroatoms. The first-order valence-electron chi connectivity index (χ1n) is 7.49. The van der Waals surface area contributed by atoms with Crippen LogP contribution in [-0.2, 0) is 15.1 Å². The van der Waals surface area contributed by atoms with E-state index < -0.39 is 17.5 Å². The average molecular weight is 323 g/mol. The fraction of sp³-hybridized carbons (Fsp3) is 0.167. The minimum absolute atomic E-state index is 0.0625. The Balaban J connectivity index is 2.09. The fourth-order valence-corrected chi connectivity index (χ4v) is 2.79. The number of amides is 3. The molecule has 0 aromatic heterocycles. The summed E-state index contributed by atoms with van der Waals surface area (Å²) < 4.78 is 5.06. The van der Waals surface area contributed by atoms with Gasteiger partial charge in [0.15, 0.2) is 18.2 Å². The third-order valence-corrected chi connectivity index (χ3v) is 3.93. The van der Waals surface area contributed by atoms with Crippen LogP contribution in [-0.4, -0.2) is 29.5 Å². The van der Waals surface area contributed by atoms with E-state index in [-0.39, 0.29) is 12.6 Å². The van der Waals surface area contributed by atoms with E-state index >= 15 is 0 Å². The summed E-state index contributed by atoms with van der Waals surface area (Å²) in [7, 11) is 0. The zero-order chi connectivity index (χ0) is 17.2. The molecule has 1 aliphatic rings. The average Bonchev–Trinajstić information content (AvgIpc) is 2.86. The molecule has 6 nitrogen and oxygen atoms in total. The Bertz CT molecular complexity index is 735. The maximum atomic E-state index is 13.1. The van der Waals surface area contributed by atoms with Crippen LogP contribution in [0.1, 0.15) is 18.1 Å². The number of imide groups is 1. The highest BCUT2D eigenvalue weighted by molar-refractivity contribution is 6.09. The molecule has 0 radical (unpaired) electrons. The van der Waals surface area contributed by atoms with Gasteiger partial charge in [-0.3, -0.25) is 10.2 Å². The lowest BCUT2D eigenvalue weighted by molar-refractivity contribution is -0.132. The van der Waals surface area contributed by atoms with Gasteiger partial charge in [-0.15, -0.1) is 0 Å². The molecule has 3 rings (SSSR count). The summed E-state index contributed by atoms with van der Waals surface area (Å²) in [5.74, 6) is -0.487. The molecule has 2 aromatic carbocycles. The molecule has 2 aromatic rings. The van der Waals surface area contributed by atoms with E-state index in [1.807, 2.05) is 36.4 Å². The van der Waals surface area contributed by atoms with Gasteiger partial charge in [-0.2, -0.15) is 0 Å². The second-order valence-corrected chi connectivity index (χ2v) is 5.48. The van der Waals surface area contributed by atoms with Crippen LogP contribution in [0, 0.1) is 5.41 Å². The normalized spacial score (nSPS) is 16.0. The van der Waals surface area contributed by atoms with Crippen molar-refractivity contribution in [2.45, 2.75) is 12.5 Å². The summed E-state index contributed by atoms with van der Waals surface area (Å²) >= 11 is 0. The van der Waals surface area contributed by atoms with E-state index in [9.17, 15) is 9.59 Å². The van der Waals surface area contributed by atoms with Gasteiger partial charge in [0.2, 0.25) is 0 Å². The first-order chi connectivity index (χ1) is 11.6. The summed E-state index contributed by atoms with van der Waals surface area (Å²) in [5, 5.41) is 10.1. The fourth-order valence-electron chi connectivity index (χ4n) is 2.79. The lowest BCUT2D eigenvalue weighted by Crippen LogP contribution is -2.45. The number of hydrogen-bond donors (Lipinski definition) is 2. The zero-order valence-corrected chi connectivity index (χ0v) is 13.2. The third-order valence-electron chi connectivity index (χ3n) is 3.93. The molecule has 0 saturated carbocycles. The predicted octanol–water partition coefficient (Wildman–Crippen LogP) is 2.45. The molecule has 1 aliphatic heterocycles. The van der Waals surface area contributed by atoms with E-state index in [0.29, 0.717) is 11.1 Å². The SMILES string of the molecule is CC(=N)OCN1C(=O)NC(c2ccccc2)(c2ccccc2)C1=O. The van der Waals surface area contributed by atoms with E-state index in [1.165, 1.54) is 6.92 Å². The van der Waals surface area contributed by atoms with Crippen molar-refractivity contribution in [3.63, 3.8) is 0 Å². The van der Waals surface area contributed by atoms with Crippen LogP contribution in [0.4, 0.5) is 4.79 Å². The molecular formula is C18H17N3O3. The number of nitrogens with zero attached hydrogens (tertiary/aromatic N) is 1. The lowest BCUT2D eigenvalue weighted by atomic mass is 9.83. The van der Waals surface area contributed by atoms with Gasteiger partial charge >= 0.3 is 6.03 Å². The van der Waals surface area contributed by atoms with E-state index in [4.69, 9.17) is 10.1 Å². The molecule has 1 heterocycles. The topological polar surface area (TPSA) is 82.5 Å². The Morgan fingerprint density at radius 1 is 1.04 bits per heavy atom. The molecule has 0 aliphatic carbocycles. The van der Waals surface area contributed by atoms with Crippen LogP contribution in [0.5, 0.6) is 0 Å². The van der Waals surface area contributed by atoms with Gasteiger partial charge in [-0.25, -0.2) is 9.69 Å². The van der Waals surface area contributed by atoms with Crippen LogP contribution < -0.4 is 5.32 Å². The summed E-state index contributed by atoms with van der Waals surface area (Å²) in [4.78, 5) is 26.5. The largest absolute Gasteiger partial charge is 0.460 e. The monoisotopic (exact) mass is 323 g/mol. The Morgan fingerprint density at radius 3 is 2.00 bits per heavy atom. The van der Waals surface area contributed by atoms with Crippen molar-refractivity contribution in [1.29, 1.82) is 5.41 Å². The molecule has 3 amide bonds. The second kappa shape index (κ2) is 6.16. The molecule has 0 spiro atoms. The molecule has 1 saturated heterocycles. The van der Waals surface area contributed by atoms with Crippen LogP contribution in [0.3, 0.4) is 0 Å². The van der Waals surface area contributed by atoms with E-state index in [0.717, 1.165) is 4.90 Å². The number of hydrogen-bond acceptors (Lipinski definition) is 4. The van der Waals surface area contributed by atoms with Gasteiger partial charge in [0.25, 0.3) is 5.91 Å². The summed E-state index contributed by atoms with van der Waals surface area (Å²) in [6.45, 7) is 1.15. The zero-order valence-electron chi connectivity index (χ0n) is 13.2. The van der Waals surface area contributed by atoms with Gasteiger partial charge in [0.05, 0.1) is 0 Å². The number of urea groups is 1. The van der Waals surface area contributed by atoms with Crippen molar-refractivity contribution in [1.82, 2.24) is 10.2 Å². The maximum absolute atomic E-state index is 13.1. The van der Waals surface area contributed by atoms with Crippen molar-refractivity contribution >= 4 is 17.8 Å². The van der Waals surface area contributed by atoms with Crippen LogP contribution >= 0.6 is 0 Å². The number of ether oxygens (including phenoxy) is 1. The highest BCUT2D eigenvalue weighted by Gasteiger charge is 2.53. The van der Waals surface area contributed by atoms with Crippen molar-refractivity contribution in [2.75, 3.05) is 6.73 Å². The second-order valence-electron chi connectivity index (χ2n) is 5.48. The molecule has 2 N–H and O–H groups in total. The number of benzene rings is 2. The van der Waals surface area contributed by atoms with Crippen molar-refractivity contribution < 1.29 is 14.3 Å². The Hall–Kier alpha value is -3.15. The minimum Gasteiger partial charge on any atom is -0.460 e. The maximum Gasteiger partial charge on any atom is 0.328 e. The lowest BCUT2D eigenvalue weighted by Gasteiger charge is -2.27. The Kier molecular flexibility index (Phi) is 4.04. The van der Waals surface area contributed by atoms with Gasteiger partial charge in [-0.1, -0.05) is 60.7 Å². The third kappa shape index (κ3) is 2.52. The Morgan fingerprint density at radius 2 is 1.54 bits per heavy atom. The minimum atomic E-state index is -1.29. The first kappa shape index (κ1) is 15.7. The molecular weight excluding hydrogens is 306 g/mol. The molecule has 1 fully saturated rings. The van der Waals surface area contributed by atoms with Crippen LogP contribution in [0.25, 0.3) is 0 Å². The van der Waals surface area contributed by atoms with E-state index in [2.05, 4.69) is 5.32 Å². The molecule has 0 bridgehead atoms. The predicted molar refractivity (Wildman–Crippen MR) is 88.4 cm³/mol. The number of nitrogens with one attached hydrogen (secondary N) is 2.